The highest BCUT2D eigenvalue weighted by molar-refractivity contribution is 6.32. The second-order valence-electron chi connectivity index (χ2n) is 4.19. The lowest BCUT2D eigenvalue weighted by Gasteiger charge is -2.07. The van der Waals surface area contributed by atoms with Gasteiger partial charge in [0, 0.05) is 18.1 Å². The predicted octanol–water partition coefficient (Wildman–Crippen LogP) is 4.05. The number of carbonyl (C=O) groups excluding carboxylic acids is 1. The van der Waals surface area contributed by atoms with E-state index in [0.29, 0.717) is 16.3 Å². The molecule has 0 atom stereocenters. The monoisotopic (exact) mass is 296 g/mol. The number of hydrogen-bond donors (Lipinski definition) is 0. The van der Waals surface area contributed by atoms with Crippen molar-refractivity contribution in [3.63, 3.8) is 0 Å². The van der Waals surface area contributed by atoms with Crippen LogP contribution in [0.4, 0.5) is 8.78 Å². The number of rotatable bonds is 4. The number of halogens is 3. The number of Topliss-reactive ketones (excluding diaryl/α,β-unsaturated/α-hetero) is 1. The highest BCUT2D eigenvalue weighted by Crippen LogP contribution is 2.25. The minimum atomic E-state index is -0.737. The molecule has 0 aromatic heterocycles. The Kier molecular flexibility index (Phi) is 4.35. The van der Waals surface area contributed by atoms with Gasteiger partial charge in [-0.15, -0.1) is 0 Å². The fraction of sp³-hybridized carbons (Fsp3) is 0.133. The summed E-state index contributed by atoms with van der Waals surface area (Å²) in [7, 11) is 1.44. The first-order chi connectivity index (χ1) is 9.51. The molecule has 2 rings (SSSR count). The third kappa shape index (κ3) is 3.14. The Hall–Kier alpha value is -1.94. The van der Waals surface area contributed by atoms with Gasteiger partial charge in [0.2, 0.25) is 0 Å². The van der Waals surface area contributed by atoms with Gasteiger partial charge in [-0.05, 0) is 29.8 Å². The third-order valence-electron chi connectivity index (χ3n) is 2.84. The molecule has 0 bridgehead atoms. The summed E-state index contributed by atoms with van der Waals surface area (Å²) in [6.07, 6.45) is -0.156. The molecular weight excluding hydrogens is 286 g/mol. The molecule has 2 aromatic carbocycles. The molecule has 0 heterocycles. The number of ketones is 1. The van der Waals surface area contributed by atoms with Crippen molar-refractivity contribution in [1.82, 2.24) is 0 Å². The fourth-order valence-corrected chi connectivity index (χ4v) is 1.97. The smallest absolute Gasteiger partial charge is 0.167 e. The molecule has 0 spiro atoms. The first-order valence-corrected chi connectivity index (χ1v) is 6.19. The number of benzene rings is 2. The van der Waals surface area contributed by atoms with Gasteiger partial charge in [-0.1, -0.05) is 17.7 Å². The summed E-state index contributed by atoms with van der Waals surface area (Å²) in [5, 5.41) is 0.386. The molecule has 0 fully saturated rings. The summed E-state index contributed by atoms with van der Waals surface area (Å²) >= 11 is 5.87. The topological polar surface area (TPSA) is 26.3 Å². The van der Waals surface area contributed by atoms with Crippen LogP contribution in [0.5, 0.6) is 5.75 Å². The molecule has 104 valence electrons. The van der Waals surface area contributed by atoms with Crippen molar-refractivity contribution in [2.45, 2.75) is 6.42 Å². The molecule has 2 nitrogen and oxygen atoms in total. The van der Waals surface area contributed by atoms with E-state index in [2.05, 4.69) is 0 Å². The van der Waals surface area contributed by atoms with Crippen LogP contribution >= 0.6 is 11.6 Å². The van der Waals surface area contributed by atoms with Gasteiger partial charge in [-0.3, -0.25) is 4.79 Å². The van der Waals surface area contributed by atoms with E-state index in [4.69, 9.17) is 16.3 Å². The van der Waals surface area contributed by atoms with Crippen molar-refractivity contribution in [2.75, 3.05) is 7.11 Å². The average Bonchev–Trinajstić information content (AvgIpc) is 2.42. The number of methoxy groups -OCH3 is 1. The van der Waals surface area contributed by atoms with E-state index in [0.717, 1.165) is 12.1 Å². The minimum absolute atomic E-state index is 0.144. The molecule has 0 amide bonds. The van der Waals surface area contributed by atoms with Gasteiger partial charge < -0.3 is 4.74 Å². The molecule has 0 radical (unpaired) electrons. The summed E-state index contributed by atoms with van der Waals surface area (Å²) in [5.74, 6) is -1.34. The lowest BCUT2D eigenvalue weighted by molar-refractivity contribution is 0.0991. The van der Waals surface area contributed by atoms with Crippen molar-refractivity contribution in [3.8, 4) is 5.75 Å². The highest BCUT2D eigenvalue weighted by Gasteiger charge is 2.13. The maximum Gasteiger partial charge on any atom is 0.167 e. The van der Waals surface area contributed by atoms with E-state index in [1.54, 1.807) is 0 Å². The maximum absolute atomic E-state index is 13.5. The Labute approximate surface area is 119 Å². The Bertz CT molecular complexity index is 656. The number of hydrogen-bond acceptors (Lipinski definition) is 2. The van der Waals surface area contributed by atoms with E-state index in [9.17, 15) is 13.6 Å². The molecule has 0 aliphatic heterocycles. The predicted molar refractivity (Wildman–Crippen MR) is 72.4 cm³/mol. The Balaban J connectivity index is 2.24. The molecule has 0 unspecified atom stereocenters. The third-order valence-corrected chi connectivity index (χ3v) is 3.15. The quantitative estimate of drug-likeness (QED) is 0.796. The molecule has 0 saturated heterocycles. The second kappa shape index (κ2) is 6.01. The van der Waals surface area contributed by atoms with Crippen LogP contribution in [0.15, 0.2) is 36.4 Å². The van der Waals surface area contributed by atoms with Crippen LogP contribution in [0, 0.1) is 11.6 Å². The second-order valence-corrected chi connectivity index (χ2v) is 4.59. The minimum Gasteiger partial charge on any atom is -0.495 e. The highest BCUT2D eigenvalue weighted by atomic mass is 35.5. The molecule has 20 heavy (non-hydrogen) atoms. The Morgan fingerprint density at radius 2 is 1.95 bits per heavy atom. The van der Waals surface area contributed by atoms with Gasteiger partial charge in [-0.25, -0.2) is 8.78 Å². The van der Waals surface area contributed by atoms with Gasteiger partial charge in [-0.2, -0.15) is 0 Å². The largest absolute Gasteiger partial charge is 0.495 e. The van der Waals surface area contributed by atoms with Crippen LogP contribution in [-0.4, -0.2) is 12.9 Å². The van der Waals surface area contributed by atoms with Gasteiger partial charge in [0.05, 0.1) is 12.1 Å². The summed E-state index contributed by atoms with van der Waals surface area (Å²) in [6, 6.07) is 7.70. The zero-order valence-corrected chi connectivity index (χ0v) is 11.4. The first kappa shape index (κ1) is 14.5. The van der Waals surface area contributed by atoms with Crippen molar-refractivity contribution in [1.29, 1.82) is 0 Å². The van der Waals surface area contributed by atoms with Gasteiger partial charge >= 0.3 is 0 Å². The molecule has 5 heteroatoms. The fourth-order valence-electron chi connectivity index (χ4n) is 1.77. The van der Waals surface area contributed by atoms with Gasteiger partial charge in [0.1, 0.15) is 17.4 Å². The zero-order chi connectivity index (χ0) is 14.7. The van der Waals surface area contributed by atoms with Crippen LogP contribution in [-0.2, 0) is 6.42 Å². The summed E-state index contributed by atoms with van der Waals surface area (Å²) < 4.78 is 31.3. The van der Waals surface area contributed by atoms with Gasteiger partial charge in [0.25, 0.3) is 0 Å². The lowest BCUT2D eigenvalue weighted by Crippen LogP contribution is -2.06. The lowest BCUT2D eigenvalue weighted by atomic mass is 10.0. The van der Waals surface area contributed by atoms with Crippen LogP contribution in [0.2, 0.25) is 5.02 Å². The van der Waals surface area contributed by atoms with E-state index >= 15 is 0 Å². The van der Waals surface area contributed by atoms with E-state index in [-0.39, 0.29) is 17.8 Å². The van der Waals surface area contributed by atoms with Crippen LogP contribution in [0.3, 0.4) is 0 Å². The van der Waals surface area contributed by atoms with Crippen molar-refractivity contribution >= 4 is 17.4 Å². The van der Waals surface area contributed by atoms with Crippen LogP contribution in [0.25, 0.3) is 0 Å². The Morgan fingerprint density at radius 3 is 2.60 bits per heavy atom. The van der Waals surface area contributed by atoms with Crippen molar-refractivity contribution in [2.24, 2.45) is 0 Å². The molecule has 2 aromatic rings. The SMILES string of the molecule is COc1cc(C(=O)Cc2ccc(F)cc2F)ccc1Cl. The Morgan fingerprint density at radius 1 is 1.20 bits per heavy atom. The average molecular weight is 297 g/mol. The maximum atomic E-state index is 13.5. The van der Waals surface area contributed by atoms with E-state index in [1.807, 2.05) is 0 Å². The molecule has 0 N–H and O–H groups in total. The zero-order valence-electron chi connectivity index (χ0n) is 10.6. The number of carbonyl (C=O) groups is 1. The molecule has 0 aliphatic carbocycles. The molecular formula is C15H11ClF2O2. The van der Waals surface area contributed by atoms with Crippen molar-refractivity contribution in [3.05, 3.63) is 64.2 Å². The summed E-state index contributed by atoms with van der Waals surface area (Å²) in [5.41, 5.74) is 0.500. The first-order valence-electron chi connectivity index (χ1n) is 5.82. The van der Waals surface area contributed by atoms with Crippen LogP contribution < -0.4 is 4.74 Å². The van der Waals surface area contributed by atoms with E-state index in [1.165, 1.54) is 31.4 Å². The molecule has 0 saturated carbocycles. The standard InChI is InChI=1S/C15H11ClF2O2/c1-20-15-7-10(3-5-12(15)16)14(19)6-9-2-4-11(17)8-13(9)18/h2-5,7-8H,6H2,1H3. The summed E-state index contributed by atoms with van der Waals surface area (Å²) in [6.45, 7) is 0. The van der Waals surface area contributed by atoms with Gasteiger partial charge in [0.15, 0.2) is 5.78 Å². The molecule has 0 aliphatic rings. The summed E-state index contributed by atoms with van der Waals surface area (Å²) in [4.78, 5) is 12.1. The number of ether oxygens (including phenoxy) is 1. The normalized spacial score (nSPS) is 10.4. The van der Waals surface area contributed by atoms with Crippen LogP contribution in [0.1, 0.15) is 15.9 Å². The van der Waals surface area contributed by atoms with Crippen molar-refractivity contribution < 1.29 is 18.3 Å². The van der Waals surface area contributed by atoms with E-state index < -0.39 is 11.6 Å².